The molecule has 0 fully saturated rings. The van der Waals surface area contributed by atoms with Gasteiger partial charge in [-0.1, -0.05) is 45.7 Å². The van der Waals surface area contributed by atoms with E-state index in [1.807, 2.05) is 42.5 Å². The van der Waals surface area contributed by atoms with E-state index in [1.165, 1.54) is 6.92 Å². The molecule has 5 nitrogen and oxygen atoms in total. The second-order valence-corrected chi connectivity index (χ2v) is 9.70. The van der Waals surface area contributed by atoms with E-state index in [4.69, 9.17) is 16.3 Å². The molecule has 162 valence electrons. The van der Waals surface area contributed by atoms with Gasteiger partial charge in [0.2, 0.25) is 5.91 Å². The van der Waals surface area contributed by atoms with Crippen molar-refractivity contribution in [2.75, 3.05) is 6.54 Å². The Hall–Kier alpha value is -1.60. The zero-order valence-electron chi connectivity index (χ0n) is 17.4. The number of fused-ring (bicyclic) bond motifs is 1. The van der Waals surface area contributed by atoms with Crippen LogP contribution in [-0.4, -0.2) is 35.3 Å². The van der Waals surface area contributed by atoms with Gasteiger partial charge < -0.3 is 20.5 Å². The quantitative estimate of drug-likeness (QED) is 0.532. The van der Waals surface area contributed by atoms with Gasteiger partial charge in [-0.05, 0) is 50.1 Å². The molecular weight excluding hydrogens is 468 g/mol. The molecule has 1 aliphatic rings. The first-order valence-electron chi connectivity index (χ1n) is 10.0. The molecule has 0 saturated heterocycles. The lowest BCUT2D eigenvalue weighted by Gasteiger charge is -2.38. The van der Waals surface area contributed by atoms with Crippen LogP contribution in [0, 0.1) is 0 Å². The summed E-state index contributed by atoms with van der Waals surface area (Å²) >= 11 is 9.81. The summed E-state index contributed by atoms with van der Waals surface area (Å²) in [5.74, 6) is 0.656. The van der Waals surface area contributed by atoms with Gasteiger partial charge in [-0.3, -0.25) is 4.79 Å². The molecule has 0 saturated carbocycles. The van der Waals surface area contributed by atoms with E-state index >= 15 is 0 Å². The molecule has 3 atom stereocenters. The molecular formula is C23H28BrClN2O3. The van der Waals surface area contributed by atoms with Crippen molar-refractivity contribution >= 4 is 33.4 Å². The fourth-order valence-electron chi connectivity index (χ4n) is 3.86. The normalized spacial score (nSPS) is 19.3. The summed E-state index contributed by atoms with van der Waals surface area (Å²) in [6, 6.07) is 13.0. The number of carbonyl (C=O) groups excluding carboxylic acids is 1. The number of amides is 1. The molecule has 1 amide bonds. The summed E-state index contributed by atoms with van der Waals surface area (Å²) in [6.45, 7) is 5.89. The van der Waals surface area contributed by atoms with E-state index in [2.05, 4.69) is 40.4 Å². The van der Waals surface area contributed by atoms with Crippen LogP contribution >= 0.6 is 27.5 Å². The molecule has 2 aromatic rings. The Kier molecular flexibility index (Phi) is 7.45. The number of ether oxygens (including phenoxy) is 1. The molecule has 3 N–H and O–H groups in total. The summed E-state index contributed by atoms with van der Waals surface area (Å²) in [6.07, 6.45) is 0.425. The Morgan fingerprint density at radius 2 is 2.07 bits per heavy atom. The van der Waals surface area contributed by atoms with Crippen LogP contribution in [0.2, 0.25) is 5.02 Å². The molecule has 0 unspecified atom stereocenters. The van der Waals surface area contributed by atoms with Crippen molar-refractivity contribution in [3.8, 4) is 5.75 Å². The van der Waals surface area contributed by atoms with Crippen molar-refractivity contribution in [2.24, 2.45) is 0 Å². The first-order chi connectivity index (χ1) is 14.1. The lowest BCUT2D eigenvalue weighted by molar-refractivity contribution is -0.120. The minimum atomic E-state index is -0.785. The number of carbonyl (C=O) groups is 1. The Morgan fingerprint density at radius 1 is 1.33 bits per heavy atom. The van der Waals surface area contributed by atoms with Crippen LogP contribution < -0.4 is 15.4 Å². The van der Waals surface area contributed by atoms with Crippen LogP contribution in [0.5, 0.6) is 5.75 Å². The van der Waals surface area contributed by atoms with Gasteiger partial charge in [0.1, 0.15) is 11.4 Å². The Morgan fingerprint density at radius 3 is 2.77 bits per heavy atom. The smallest absolute Gasteiger partial charge is 0.217 e. The first-order valence-corrected chi connectivity index (χ1v) is 11.2. The predicted octanol–water partition coefficient (Wildman–Crippen LogP) is 4.40. The Balaban J connectivity index is 1.73. The monoisotopic (exact) mass is 494 g/mol. The van der Waals surface area contributed by atoms with Crippen LogP contribution in [0.1, 0.15) is 44.4 Å². The number of benzene rings is 2. The van der Waals surface area contributed by atoms with Crippen LogP contribution in [0.3, 0.4) is 0 Å². The Bertz CT molecular complexity index is 906. The van der Waals surface area contributed by atoms with Crippen LogP contribution in [-0.2, 0) is 11.2 Å². The van der Waals surface area contributed by atoms with Gasteiger partial charge in [-0.25, -0.2) is 0 Å². The first kappa shape index (κ1) is 23.1. The third-order valence-electron chi connectivity index (χ3n) is 5.25. The lowest BCUT2D eigenvalue weighted by atomic mass is 9.89. The van der Waals surface area contributed by atoms with Gasteiger partial charge in [-0.15, -0.1) is 0 Å². The van der Waals surface area contributed by atoms with E-state index in [1.54, 1.807) is 0 Å². The maximum atomic E-state index is 11.7. The minimum absolute atomic E-state index is 0.0224. The molecule has 0 spiro atoms. The second-order valence-electron chi connectivity index (χ2n) is 8.38. The number of hydrogen-bond donors (Lipinski definition) is 3. The number of aliphatic hydroxyl groups is 1. The van der Waals surface area contributed by atoms with E-state index in [-0.39, 0.29) is 17.6 Å². The molecule has 0 bridgehead atoms. The highest BCUT2D eigenvalue weighted by atomic mass is 79.9. The van der Waals surface area contributed by atoms with Gasteiger partial charge in [0.15, 0.2) is 0 Å². The standard InChI is InChI=1S/C23H28BrClN2O3/c1-14(28)27-19(10-15-6-4-5-7-18(15)25)21(29)13-26-20-12-23(2,3)30-22-9-8-16(24)11-17(20)22/h4-9,11,19-21,26,29H,10,12-13H2,1-3H3,(H,27,28)/t19-,20-,21+/m0/s1. The summed E-state index contributed by atoms with van der Waals surface area (Å²) in [4.78, 5) is 11.7. The van der Waals surface area contributed by atoms with E-state index in [0.717, 1.165) is 27.8 Å². The van der Waals surface area contributed by atoms with E-state index in [9.17, 15) is 9.90 Å². The summed E-state index contributed by atoms with van der Waals surface area (Å²) in [7, 11) is 0. The molecule has 30 heavy (non-hydrogen) atoms. The summed E-state index contributed by atoms with van der Waals surface area (Å²) in [5, 5.41) is 17.9. The van der Waals surface area contributed by atoms with Gasteiger partial charge in [0, 0.05) is 41.0 Å². The molecule has 0 aromatic heterocycles. The third kappa shape index (κ3) is 5.97. The second kappa shape index (κ2) is 9.69. The van der Waals surface area contributed by atoms with Crippen molar-refractivity contribution in [1.29, 1.82) is 0 Å². The molecule has 3 rings (SSSR count). The number of rotatable bonds is 7. The highest BCUT2D eigenvalue weighted by Gasteiger charge is 2.34. The fraction of sp³-hybridized carbons (Fsp3) is 0.435. The maximum Gasteiger partial charge on any atom is 0.217 e. The average Bonchev–Trinajstić information content (AvgIpc) is 2.66. The third-order valence-corrected chi connectivity index (χ3v) is 6.12. The lowest BCUT2D eigenvalue weighted by Crippen LogP contribution is -2.49. The van der Waals surface area contributed by atoms with E-state index in [0.29, 0.717) is 18.0 Å². The topological polar surface area (TPSA) is 70.6 Å². The van der Waals surface area contributed by atoms with Gasteiger partial charge in [0.05, 0.1) is 12.1 Å². The molecule has 1 heterocycles. The Labute approximate surface area is 191 Å². The van der Waals surface area contributed by atoms with Crippen molar-refractivity contribution in [3.05, 3.63) is 63.1 Å². The number of aliphatic hydroxyl groups excluding tert-OH is 1. The highest BCUT2D eigenvalue weighted by Crippen LogP contribution is 2.40. The zero-order chi connectivity index (χ0) is 21.9. The maximum absolute atomic E-state index is 11.7. The van der Waals surface area contributed by atoms with Crippen molar-refractivity contribution in [2.45, 2.75) is 57.4 Å². The summed E-state index contributed by atoms with van der Waals surface area (Å²) in [5.41, 5.74) is 1.62. The minimum Gasteiger partial charge on any atom is -0.487 e. The van der Waals surface area contributed by atoms with Crippen molar-refractivity contribution in [3.63, 3.8) is 0 Å². The van der Waals surface area contributed by atoms with E-state index < -0.39 is 12.1 Å². The van der Waals surface area contributed by atoms with Crippen molar-refractivity contribution < 1.29 is 14.6 Å². The van der Waals surface area contributed by atoms with Gasteiger partial charge >= 0.3 is 0 Å². The SMILES string of the molecule is CC(=O)N[C@@H](Cc1ccccc1Cl)[C@H](O)CN[C@H]1CC(C)(C)Oc2ccc(Br)cc21. The predicted molar refractivity (Wildman–Crippen MR) is 123 cm³/mol. The zero-order valence-corrected chi connectivity index (χ0v) is 19.8. The average molecular weight is 496 g/mol. The van der Waals surface area contributed by atoms with Gasteiger partial charge in [0.25, 0.3) is 0 Å². The van der Waals surface area contributed by atoms with Crippen LogP contribution in [0.15, 0.2) is 46.9 Å². The largest absolute Gasteiger partial charge is 0.487 e. The molecule has 2 aromatic carbocycles. The number of halogens is 2. The molecule has 7 heteroatoms. The van der Waals surface area contributed by atoms with Crippen LogP contribution in [0.4, 0.5) is 0 Å². The number of hydrogen-bond acceptors (Lipinski definition) is 4. The van der Waals surface area contributed by atoms with Gasteiger partial charge in [-0.2, -0.15) is 0 Å². The fourth-order valence-corrected chi connectivity index (χ4v) is 4.45. The summed E-state index contributed by atoms with van der Waals surface area (Å²) < 4.78 is 7.09. The van der Waals surface area contributed by atoms with Crippen molar-refractivity contribution in [1.82, 2.24) is 10.6 Å². The molecule has 0 aliphatic carbocycles. The van der Waals surface area contributed by atoms with Crippen LogP contribution in [0.25, 0.3) is 0 Å². The molecule has 1 aliphatic heterocycles. The number of nitrogens with one attached hydrogen (secondary N) is 2. The molecule has 0 radical (unpaired) electrons. The highest BCUT2D eigenvalue weighted by molar-refractivity contribution is 9.10.